The maximum absolute atomic E-state index is 12.2. The van der Waals surface area contributed by atoms with Crippen LogP contribution < -0.4 is 0 Å². The molecular weight excluding hydrogens is 274 g/mol. The van der Waals surface area contributed by atoms with Gasteiger partial charge >= 0.3 is 0 Å². The number of aromatic nitrogens is 4. The lowest BCUT2D eigenvalue weighted by Gasteiger charge is -2.30. The highest BCUT2D eigenvalue weighted by Crippen LogP contribution is 2.19. The van der Waals surface area contributed by atoms with Gasteiger partial charge in [-0.3, -0.25) is 4.79 Å². The van der Waals surface area contributed by atoms with Gasteiger partial charge in [-0.2, -0.15) is 0 Å². The van der Waals surface area contributed by atoms with E-state index in [1.165, 1.54) is 18.2 Å². The molecule has 0 N–H and O–H groups in total. The number of nitrogens with zero attached hydrogens (tertiary/aromatic N) is 5. The largest absolute Gasteiger partial charge is 0.342 e. The lowest BCUT2D eigenvalue weighted by atomic mass is 10.0. The van der Waals surface area contributed by atoms with Crippen molar-refractivity contribution in [3.63, 3.8) is 0 Å². The maximum Gasteiger partial charge on any atom is 0.233 e. The molecule has 1 unspecified atom stereocenters. The van der Waals surface area contributed by atoms with Gasteiger partial charge in [-0.05, 0) is 35.1 Å². The van der Waals surface area contributed by atoms with Crippen LogP contribution in [0.15, 0.2) is 5.16 Å². The van der Waals surface area contributed by atoms with Gasteiger partial charge in [0.1, 0.15) is 0 Å². The number of hydrogen-bond donors (Lipinski definition) is 0. The second kappa shape index (κ2) is 7.06. The van der Waals surface area contributed by atoms with Gasteiger partial charge in [0.25, 0.3) is 0 Å². The Morgan fingerprint density at radius 3 is 3.00 bits per heavy atom. The predicted molar refractivity (Wildman–Crippen MR) is 78.4 cm³/mol. The fourth-order valence-corrected chi connectivity index (χ4v) is 3.18. The summed E-state index contributed by atoms with van der Waals surface area (Å²) in [7, 11) is 0. The Hall–Kier alpha value is -1.11. The fourth-order valence-electron chi connectivity index (χ4n) is 2.39. The van der Waals surface area contributed by atoms with Crippen molar-refractivity contribution in [3.8, 4) is 0 Å². The molecule has 1 aromatic rings. The molecular formula is C13H23N5OS. The van der Waals surface area contributed by atoms with Crippen molar-refractivity contribution in [1.82, 2.24) is 25.1 Å². The highest BCUT2D eigenvalue weighted by molar-refractivity contribution is 7.99. The van der Waals surface area contributed by atoms with Crippen LogP contribution in [-0.2, 0) is 11.3 Å². The van der Waals surface area contributed by atoms with Crippen LogP contribution in [0.2, 0.25) is 0 Å². The molecule has 112 valence electrons. The van der Waals surface area contributed by atoms with Crippen molar-refractivity contribution in [3.05, 3.63) is 0 Å². The molecule has 0 saturated carbocycles. The molecule has 1 fully saturated rings. The van der Waals surface area contributed by atoms with E-state index in [0.717, 1.165) is 31.2 Å². The molecule has 0 spiro atoms. The number of likely N-dealkylation sites (tertiary alicyclic amines) is 1. The van der Waals surface area contributed by atoms with Crippen molar-refractivity contribution in [1.29, 1.82) is 0 Å². The first-order valence-electron chi connectivity index (χ1n) is 7.23. The normalized spacial score (nSPS) is 19.6. The second-order valence-corrected chi connectivity index (χ2v) is 6.86. The zero-order valence-electron chi connectivity index (χ0n) is 12.4. The van der Waals surface area contributed by atoms with E-state index in [1.807, 2.05) is 4.90 Å². The molecule has 1 atom stereocenters. The second-order valence-electron chi connectivity index (χ2n) is 5.91. The molecule has 1 saturated heterocycles. The first-order valence-corrected chi connectivity index (χ1v) is 8.21. The van der Waals surface area contributed by atoms with Crippen molar-refractivity contribution in [2.75, 3.05) is 18.8 Å². The minimum Gasteiger partial charge on any atom is -0.342 e. The number of thioether (sulfide) groups is 1. The standard InChI is InChI=1S/C13H23N5OS/c1-10(2)7-18-13(14-15-16-18)20-9-12(19)17-6-4-5-11(3)8-17/h10-11H,4-9H2,1-3H3. The number of amides is 1. The van der Waals surface area contributed by atoms with Crippen LogP contribution in [0, 0.1) is 11.8 Å². The van der Waals surface area contributed by atoms with Crippen LogP contribution in [0.4, 0.5) is 0 Å². The van der Waals surface area contributed by atoms with E-state index in [2.05, 4.69) is 36.3 Å². The first-order chi connectivity index (χ1) is 9.56. The van der Waals surface area contributed by atoms with Crippen molar-refractivity contribution in [2.45, 2.75) is 45.3 Å². The van der Waals surface area contributed by atoms with Gasteiger partial charge in [-0.15, -0.1) is 5.10 Å². The van der Waals surface area contributed by atoms with Crippen LogP contribution in [0.25, 0.3) is 0 Å². The topological polar surface area (TPSA) is 63.9 Å². The van der Waals surface area contributed by atoms with Gasteiger partial charge in [0, 0.05) is 19.6 Å². The molecule has 0 aliphatic carbocycles. The lowest BCUT2D eigenvalue weighted by Crippen LogP contribution is -2.40. The molecule has 0 aromatic carbocycles. The Kier molecular flexibility index (Phi) is 5.39. The summed E-state index contributed by atoms with van der Waals surface area (Å²) in [4.78, 5) is 14.2. The van der Waals surface area contributed by atoms with Crippen molar-refractivity contribution >= 4 is 17.7 Å². The maximum atomic E-state index is 12.2. The molecule has 2 heterocycles. The molecule has 1 aliphatic heterocycles. The van der Waals surface area contributed by atoms with E-state index in [-0.39, 0.29) is 5.91 Å². The number of piperidine rings is 1. The average molecular weight is 297 g/mol. The van der Waals surface area contributed by atoms with E-state index in [9.17, 15) is 4.79 Å². The number of rotatable bonds is 5. The fraction of sp³-hybridized carbons (Fsp3) is 0.846. The van der Waals surface area contributed by atoms with Crippen LogP contribution in [0.5, 0.6) is 0 Å². The summed E-state index contributed by atoms with van der Waals surface area (Å²) in [6.07, 6.45) is 2.34. The molecule has 1 aromatic heterocycles. The molecule has 1 amide bonds. The van der Waals surface area contributed by atoms with E-state index < -0.39 is 0 Å². The number of carbonyl (C=O) groups excluding carboxylic acids is 1. The summed E-state index contributed by atoms with van der Waals surface area (Å²) in [5, 5.41) is 12.4. The van der Waals surface area contributed by atoms with Gasteiger partial charge < -0.3 is 4.90 Å². The number of tetrazole rings is 1. The Morgan fingerprint density at radius 1 is 1.50 bits per heavy atom. The first kappa shape index (κ1) is 15.3. The summed E-state index contributed by atoms with van der Waals surface area (Å²) in [6.45, 7) is 9.00. The van der Waals surface area contributed by atoms with Gasteiger partial charge in [0.15, 0.2) is 0 Å². The molecule has 6 nitrogen and oxygen atoms in total. The van der Waals surface area contributed by atoms with Gasteiger partial charge in [-0.1, -0.05) is 32.5 Å². The number of carbonyl (C=O) groups is 1. The average Bonchev–Trinajstić information content (AvgIpc) is 2.82. The molecule has 0 radical (unpaired) electrons. The Bertz CT molecular complexity index is 448. The van der Waals surface area contributed by atoms with Crippen molar-refractivity contribution in [2.24, 2.45) is 11.8 Å². The summed E-state index contributed by atoms with van der Waals surface area (Å²) in [5.41, 5.74) is 0. The van der Waals surface area contributed by atoms with E-state index >= 15 is 0 Å². The molecule has 7 heteroatoms. The Morgan fingerprint density at radius 2 is 2.30 bits per heavy atom. The summed E-state index contributed by atoms with van der Waals surface area (Å²) in [5.74, 6) is 1.71. The Labute approximate surface area is 124 Å². The summed E-state index contributed by atoms with van der Waals surface area (Å²) >= 11 is 1.43. The molecule has 0 bridgehead atoms. The zero-order valence-corrected chi connectivity index (χ0v) is 13.3. The third-order valence-electron chi connectivity index (χ3n) is 3.37. The SMILES string of the molecule is CC(C)Cn1nnnc1SCC(=O)N1CCCC(C)C1. The molecule has 2 rings (SSSR count). The monoisotopic (exact) mass is 297 g/mol. The third kappa shape index (κ3) is 4.19. The van der Waals surface area contributed by atoms with E-state index in [0.29, 0.717) is 17.6 Å². The summed E-state index contributed by atoms with van der Waals surface area (Å²) < 4.78 is 1.78. The quantitative estimate of drug-likeness (QED) is 0.774. The predicted octanol–water partition coefficient (Wildman–Crippen LogP) is 1.68. The smallest absolute Gasteiger partial charge is 0.233 e. The highest BCUT2D eigenvalue weighted by Gasteiger charge is 2.21. The number of hydrogen-bond acceptors (Lipinski definition) is 5. The van der Waals surface area contributed by atoms with E-state index in [1.54, 1.807) is 4.68 Å². The Balaban J connectivity index is 1.85. The highest BCUT2D eigenvalue weighted by atomic mass is 32.2. The van der Waals surface area contributed by atoms with Gasteiger partial charge in [0.2, 0.25) is 11.1 Å². The van der Waals surface area contributed by atoms with Gasteiger partial charge in [0.05, 0.1) is 5.75 Å². The minimum atomic E-state index is 0.195. The zero-order chi connectivity index (χ0) is 14.5. The van der Waals surface area contributed by atoms with Gasteiger partial charge in [-0.25, -0.2) is 4.68 Å². The van der Waals surface area contributed by atoms with Crippen LogP contribution in [0.1, 0.15) is 33.6 Å². The van der Waals surface area contributed by atoms with Crippen LogP contribution in [-0.4, -0.2) is 49.9 Å². The minimum absolute atomic E-state index is 0.195. The third-order valence-corrected chi connectivity index (χ3v) is 4.31. The van der Waals surface area contributed by atoms with E-state index in [4.69, 9.17) is 0 Å². The summed E-state index contributed by atoms with van der Waals surface area (Å²) in [6, 6.07) is 0. The van der Waals surface area contributed by atoms with Crippen molar-refractivity contribution < 1.29 is 4.79 Å². The van der Waals surface area contributed by atoms with Crippen LogP contribution >= 0.6 is 11.8 Å². The molecule has 20 heavy (non-hydrogen) atoms. The molecule has 1 aliphatic rings. The van der Waals surface area contributed by atoms with Crippen LogP contribution in [0.3, 0.4) is 0 Å². The lowest BCUT2D eigenvalue weighted by molar-refractivity contribution is -0.130.